The van der Waals surface area contributed by atoms with Gasteiger partial charge in [0.05, 0.1) is 11.1 Å². The summed E-state index contributed by atoms with van der Waals surface area (Å²) in [5.41, 5.74) is -0.124. The lowest BCUT2D eigenvalue weighted by molar-refractivity contribution is -0.136. The predicted molar refractivity (Wildman–Crippen MR) is 102 cm³/mol. The molecule has 0 bridgehead atoms. The molecule has 4 rings (SSSR count). The van der Waals surface area contributed by atoms with Crippen molar-refractivity contribution in [2.75, 3.05) is 13.1 Å². The van der Waals surface area contributed by atoms with Crippen LogP contribution < -0.4 is 10.6 Å². The smallest absolute Gasteiger partial charge is 0.349 e. The zero-order chi connectivity index (χ0) is 21.7. The molecule has 1 amide bonds. The second-order valence-electron chi connectivity index (χ2n) is 8.23. The van der Waals surface area contributed by atoms with Crippen LogP contribution in [0.2, 0.25) is 0 Å². The molecule has 4 nitrogen and oxygen atoms in total. The third-order valence-corrected chi connectivity index (χ3v) is 5.71. The Bertz CT molecular complexity index is 985. The van der Waals surface area contributed by atoms with E-state index in [0.717, 1.165) is 18.9 Å². The van der Waals surface area contributed by atoms with Gasteiger partial charge in [-0.25, -0.2) is 13.8 Å². The van der Waals surface area contributed by atoms with Gasteiger partial charge in [-0.3, -0.25) is 4.79 Å². The number of fused-ring (bicyclic) bond motifs is 1. The maximum Gasteiger partial charge on any atom is 0.418 e. The number of aryl methyl sites for hydroxylation is 1. The van der Waals surface area contributed by atoms with Gasteiger partial charge in [0.1, 0.15) is 5.69 Å². The number of benzene rings is 1. The van der Waals surface area contributed by atoms with Gasteiger partial charge in [-0.1, -0.05) is 0 Å². The summed E-state index contributed by atoms with van der Waals surface area (Å²) >= 11 is 0. The summed E-state index contributed by atoms with van der Waals surface area (Å²) in [5, 5.41) is 5.80. The van der Waals surface area contributed by atoms with Gasteiger partial charge in [0.25, 0.3) is 11.8 Å². The van der Waals surface area contributed by atoms with Crippen molar-refractivity contribution < 1.29 is 26.7 Å². The SMILES string of the molecule is Cc1cc(C(=O)NC[C@@H]2CC(F)(F)CCN2)nc2c(C(F)(F)F)cc(C3CC3)cc12. The van der Waals surface area contributed by atoms with E-state index in [2.05, 4.69) is 15.6 Å². The Morgan fingerprint density at radius 1 is 1.27 bits per heavy atom. The number of pyridine rings is 1. The highest BCUT2D eigenvalue weighted by atomic mass is 19.4. The van der Waals surface area contributed by atoms with Gasteiger partial charge >= 0.3 is 6.18 Å². The summed E-state index contributed by atoms with van der Waals surface area (Å²) in [6.07, 6.45) is -3.53. The predicted octanol–water partition coefficient (Wildman–Crippen LogP) is 4.56. The van der Waals surface area contributed by atoms with Crippen molar-refractivity contribution in [2.45, 2.75) is 56.7 Å². The van der Waals surface area contributed by atoms with E-state index in [4.69, 9.17) is 0 Å². The minimum Gasteiger partial charge on any atom is -0.349 e. The first-order valence-corrected chi connectivity index (χ1v) is 9.95. The second-order valence-corrected chi connectivity index (χ2v) is 8.23. The number of alkyl halides is 5. The Labute approximate surface area is 170 Å². The van der Waals surface area contributed by atoms with E-state index >= 15 is 0 Å². The number of hydrogen-bond acceptors (Lipinski definition) is 3. The fourth-order valence-electron chi connectivity index (χ4n) is 3.94. The average Bonchev–Trinajstić information content (AvgIpc) is 3.49. The molecule has 1 saturated heterocycles. The molecule has 1 saturated carbocycles. The van der Waals surface area contributed by atoms with Crippen LogP contribution in [-0.4, -0.2) is 35.9 Å². The minimum atomic E-state index is -4.60. The number of rotatable bonds is 4. The number of amides is 1. The van der Waals surface area contributed by atoms with Crippen LogP contribution in [0.3, 0.4) is 0 Å². The molecule has 2 aliphatic rings. The van der Waals surface area contributed by atoms with Crippen LogP contribution in [0.1, 0.15) is 58.8 Å². The molecule has 1 aliphatic heterocycles. The molecule has 0 radical (unpaired) electrons. The zero-order valence-corrected chi connectivity index (χ0v) is 16.4. The van der Waals surface area contributed by atoms with Gasteiger partial charge in [0.2, 0.25) is 0 Å². The van der Waals surface area contributed by atoms with Gasteiger partial charge in [-0.05, 0) is 55.0 Å². The Balaban J connectivity index is 1.61. The van der Waals surface area contributed by atoms with Gasteiger partial charge < -0.3 is 10.6 Å². The molecule has 30 heavy (non-hydrogen) atoms. The minimum absolute atomic E-state index is 0.0556. The lowest BCUT2D eigenvalue weighted by Crippen LogP contribution is -2.49. The molecule has 1 atom stereocenters. The van der Waals surface area contributed by atoms with E-state index in [-0.39, 0.29) is 36.6 Å². The number of nitrogens with zero attached hydrogens (tertiary/aromatic N) is 1. The molecule has 162 valence electrons. The number of piperidine rings is 1. The van der Waals surface area contributed by atoms with Crippen LogP contribution in [0.25, 0.3) is 10.9 Å². The third kappa shape index (κ3) is 4.40. The summed E-state index contributed by atoms with van der Waals surface area (Å²) in [7, 11) is 0. The molecule has 2 fully saturated rings. The Hall–Kier alpha value is -2.29. The van der Waals surface area contributed by atoms with Crippen molar-refractivity contribution in [2.24, 2.45) is 0 Å². The van der Waals surface area contributed by atoms with Crippen LogP contribution in [-0.2, 0) is 6.18 Å². The number of hydrogen-bond donors (Lipinski definition) is 2. The maximum atomic E-state index is 13.7. The highest BCUT2D eigenvalue weighted by Crippen LogP contribution is 2.44. The first-order valence-electron chi connectivity index (χ1n) is 9.95. The second kappa shape index (κ2) is 7.44. The van der Waals surface area contributed by atoms with Crippen LogP contribution in [0.5, 0.6) is 0 Å². The summed E-state index contributed by atoms with van der Waals surface area (Å²) in [4.78, 5) is 16.5. The van der Waals surface area contributed by atoms with E-state index in [9.17, 15) is 26.7 Å². The number of carbonyl (C=O) groups excluding carboxylic acids is 1. The zero-order valence-electron chi connectivity index (χ0n) is 16.4. The van der Waals surface area contributed by atoms with E-state index in [1.165, 1.54) is 6.07 Å². The van der Waals surface area contributed by atoms with Crippen LogP contribution in [0, 0.1) is 6.92 Å². The maximum absolute atomic E-state index is 13.7. The standard InChI is InChI=1S/C21H22F5N3O/c1-11-6-17(19(30)28-10-14-9-20(22,23)4-5-27-14)29-18-15(11)7-13(12-2-3-12)8-16(18)21(24,25)26/h6-8,12,14,27H,2-5,9-10H2,1H3,(H,28,30)/t14-/m0/s1. The topological polar surface area (TPSA) is 54.0 Å². The lowest BCUT2D eigenvalue weighted by Gasteiger charge is -2.30. The molecule has 2 N–H and O–H groups in total. The summed E-state index contributed by atoms with van der Waals surface area (Å²) in [6, 6.07) is 3.69. The molecule has 1 aromatic carbocycles. The number of nitrogens with one attached hydrogen (secondary N) is 2. The number of aromatic nitrogens is 1. The molecular weight excluding hydrogens is 405 g/mol. The molecule has 2 heterocycles. The van der Waals surface area contributed by atoms with Gasteiger partial charge in [-0.15, -0.1) is 0 Å². The number of halogens is 5. The first kappa shape index (κ1) is 21.0. The van der Waals surface area contributed by atoms with Crippen LogP contribution in [0.4, 0.5) is 22.0 Å². The van der Waals surface area contributed by atoms with Crippen LogP contribution >= 0.6 is 0 Å². The van der Waals surface area contributed by atoms with E-state index in [1.54, 1.807) is 13.0 Å². The van der Waals surface area contributed by atoms with Gasteiger partial charge in [0, 0.05) is 37.4 Å². The largest absolute Gasteiger partial charge is 0.418 e. The van der Waals surface area contributed by atoms with Gasteiger partial charge in [0.15, 0.2) is 0 Å². The van der Waals surface area contributed by atoms with Crippen molar-refractivity contribution in [3.8, 4) is 0 Å². The quantitative estimate of drug-likeness (QED) is 0.704. The average molecular weight is 427 g/mol. The van der Waals surface area contributed by atoms with Crippen LogP contribution in [0.15, 0.2) is 18.2 Å². The molecule has 1 aromatic heterocycles. The fourth-order valence-corrected chi connectivity index (χ4v) is 3.94. The van der Waals surface area contributed by atoms with Gasteiger partial charge in [-0.2, -0.15) is 13.2 Å². The number of carbonyl (C=O) groups is 1. The molecule has 9 heteroatoms. The Morgan fingerprint density at radius 3 is 2.63 bits per heavy atom. The van der Waals surface area contributed by atoms with E-state index < -0.39 is 36.0 Å². The van der Waals surface area contributed by atoms with Crippen molar-refractivity contribution in [3.05, 3.63) is 40.6 Å². The monoisotopic (exact) mass is 427 g/mol. The molecule has 0 unspecified atom stereocenters. The lowest BCUT2D eigenvalue weighted by atomic mass is 9.98. The summed E-state index contributed by atoms with van der Waals surface area (Å²) in [6.45, 7) is 1.72. The fraction of sp³-hybridized carbons (Fsp3) is 0.524. The highest BCUT2D eigenvalue weighted by molar-refractivity contribution is 5.97. The Kier molecular flexibility index (Phi) is 5.20. The molecule has 2 aromatic rings. The van der Waals surface area contributed by atoms with Crippen molar-refractivity contribution in [1.29, 1.82) is 0 Å². The Morgan fingerprint density at radius 2 is 2.00 bits per heavy atom. The normalized spacial score (nSPS) is 21.6. The summed E-state index contributed by atoms with van der Waals surface area (Å²) < 4.78 is 68.1. The first-order chi connectivity index (χ1) is 14.0. The van der Waals surface area contributed by atoms with E-state index in [1.807, 2.05) is 0 Å². The van der Waals surface area contributed by atoms with E-state index in [0.29, 0.717) is 16.5 Å². The molecule has 0 spiro atoms. The van der Waals surface area contributed by atoms with Crippen molar-refractivity contribution in [3.63, 3.8) is 0 Å². The molecule has 1 aliphatic carbocycles. The van der Waals surface area contributed by atoms with Crippen molar-refractivity contribution in [1.82, 2.24) is 15.6 Å². The highest BCUT2D eigenvalue weighted by Gasteiger charge is 2.37. The summed E-state index contributed by atoms with van der Waals surface area (Å²) in [5.74, 6) is -3.34. The third-order valence-electron chi connectivity index (χ3n) is 5.71. The molecular formula is C21H22F5N3O. The van der Waals surface area contributed by atoms with Crippen molar-refractivity contribution >= 4 is 16.8 Å².